The molecule has 4 nitrogen and oxygen atoms in total. The van der Waals surface area contributed by atoms with Gasteiger partial charge >= 0.3 is 0 Å². The van der Waals surface area contributed by atoms with Gasteiger partial charge in [-0.05, 0) is 44.3 Å². The summed E-state index contributed by atoms with van der Waals surface area (Å²) < 4.78 is 0. The number of rotatable bonds is 5. The van der Waals surface area contributed by atoms with Crippen molar-refractivity contribution in [1.82, 2.24) is 10.2 Å². The molecule has 1 aliphatic carbocycles. The van der Waals surface area contributed by atoms with E-state index in [1.807, 2.05) is 30.3 Å². The van der Waals surface area contributed by atoms with Crippen LogP contribution >= 0.6 is 12.4 Å². The molecule has 1 saturated heterocycles. The Balaban J connectivity index is 0.00000280. The SMILES string of the molecule is Cl.O=C(NCC#CCN1CCCCC1)C(O)(c1ccccc1)C1CCCCC1. The minimum atomic E-state index is -1.46. The Kier molecular flexibility index (Phi) is 9.31. The lowest BCUT2D eigenvalue weighted by atomic mass is 9.73. The molecule has 3 rings (SSSR count). The van der Waals surface area contributed by atoms with E-state index in [9.17, 15) is 9.90 Å². The first kappa shape index (κ1) is 22.7. The molecule has 1 heterocycles. The summed E-state index contributed by atoms with van der Waals surface area (Å²) in [6.45, 7) is 3.29. The molecule has 2 fully saturated rings. The van der Waals surface area contributed by atoms with Gasteiger partial charge in [0.25, 0.3) is 5.91 Å². The lowest BCUT2D eigenvalue weighted by molar-refractivity contribution is -0.149. The maximum absolute atomic E-state index is 13.0. The third-order valence-electron chi connectivity index (χ3n) is 5.97. The van der Waals surface area contributed by atoms with Crippen LogP contribution in [0.1, 0.15) is 56.9 Å². The molecule has 1 amide bonds. The Morgan fingerprint density at radius 3 is 2.36 bits per heavy atom. The van der Waals surface area contributed by atoms with Crippen molar-refractivity contribution < 1.29 is 9.90 Å². The van der Waals surface area contributed by atoms with Crippen LogP contribution in [0.25, 0.3) is 0 Å². The van der Waals surface area contributed by atoms with E-state index < -0.39 is 5.60 Å². The predicted molar refractivity (Wildman–Crippen MR) is 115 cm³/mol. The van der Waals surface area contributed by atoms with Gasteiger partial charge in [-0.3, -0.25) is 9.69 Å². The molecule has 5 heteroatoms. The fraction of sp³-hybridized carbons (Fsp3) is 0.609. The van der Waals surface area contributed by atoms with Gasteiger partial charge in [-0.25, -0.2) is 0 Å². The Morgan fingerprint density at radius 2 is 1.68 bits per heavy atom. The van der Waals surface area contributed by atoms with Crippen LogP contribution in [0.3, 0.4) is 0 Å². The van der Waals surface area contributed by atoms with Crippen molar-refractivity contribution in [2.24, 2.45) is 5.92 Å². The van der Waals surface area contributed by atoms with Gasteiger partial charge in [-0.1, -0.05) is 67.9 Å². The maximum Gasteiger partial charge on any atom is 0.257 e. The van der Waals surface area contributed by atoms with Gasteiger partial charge in [0.15, 0.2) is 5.60 Å². The van der Waals surface area contributed by atoms with Crippen molar-refractivity contribution in [2.45, 2.75) is 57.0 Å². The van der Waals surface area contributed by atoms with E-state index in [4.69, 9.17) is 0 Å². The molecule has 0 radical (unpaired) electrons. The number of aliphatic hydroxyl groups is 1. The van der Waals surface area contributed by atoms with Crippen LogP contribution in [0.15, 0.2) is 30.3 Å². The summed E-state index contributed by atoms with van der Waals surface area (Å²) in [5, 5.41) is 14.3. The quantitative estimate of drug-likeness (QED) is 0.738. The number of piperidine rings is 1. The van der Waals surface area contributed by atoms with Gasteiger partial charge in [-0.2, -0.15) is 0 Å². The molecular formula is C23H33ClN2O2. The Hall–Kier alpha value is -1.54. The largest absolute Gasteiger partial charge is 0.375 e. The minimum Gasteiger partial charge on any atom is -0.375 e. The van der Waals surface area contributed by atoms with E-state index in [2.05, 4.69) is 22.1 Å². The monoisotopic (exact) mass is 404 g/mol. The Bertz CT molecular complexity index is 658. The van der Waals surface area contributed by atoms with Crippen LogP contribution in [0, 0.1) is 17.8 Å². The summed E-state index contributed by atoms with van der Waals surface area (Å²) in [6, 6.07) is 9.39. The summed E-state index contributed by atoms with van der Waals surface area (Å²) in [7, 11) is 0. The van der Waals surface area contributed by atoms with Gasteiger partial charge in [-0.15, -0.1) is 12.4 Å². The van der Waals surface area contributed by atoms with Gasteiger partial charge in [0.2, 0.25) is 0 Å². The van der Waals surface area contributed by atoms with Crippen LogP contribution in [0.4, 0.5) is 0 Å². The predicted octanol–water partition coefficient (Wildman–Crippen LogP) is 3.48. The highest BCUT2D eigenvalue weighted by molar-refractivity contribution is 5.87. The fourth-order valence-electron chi connectivity index (χ4n) is 4.37. The molecule has 0 bridgehead atoms. The lowest BCUT2D eigenvalue weighted by Crippen LogP contribution is -2.50. The van der Waals surface area contributed by atoms with Crippen molar-refractivity contribution >= 4 is 18.3 Å². The molecule has 1 aliphatic heterocycles. The van der Waals surface area contributed by atoms with Crippen molar-refractivity contribution in [2.75, 3.05) is 26.2 Å². The lowest BCUT2D eigenvalue weighted by Gasteiger charge is -2.37. The number of carbonyl (C=O) groups is 1. The zero-order valence-corrected chi connectivity index (χ0v) is 17.5. The van der Waals surface area contributed by atoms with Crippen molar-refractivity contribution in [1.29, 1.82) is 0 Å². The normalized spacial score (nSPS) is 20.2. The van der Waals surface area contributed by atoms with E-state index in [-0.39, 0.29) is 30.8 Å². The first-order valence-corrected chi connectivity index (χ1v) is 10.5. The fourth-order valence-corrected chi connectivity index (χ4v) is 4.37. The average Bonchev–Trinajstić information content (AvgIpc) is 2.74. The molecule has 1 atom stereocenters. The molecule has 2 aliphatic rings. The smallest absolute Gasteiger partial charge is 0.257 e. The van der Waals surface area contributed by atoms with E-state index in [0.717, 1.165) is 45.3 Å². The number of hydrogen-bond acceptors (Lipinski definition) is 3. The maximum atomic E-state index is 13.0. The number of amides is 1. The molecule has 1 aromatic carbocycles. The molecule has 0 aromatic heterocycles. The number of hydrogen-bond donors (Lipinski definition) is 2. The molecule has 1 unspecified atom stereocenters. The zero-order valence-electron chi connectivity index (χ0n) is 16.7. The molecule has 1 saturated carbocycles. The Labute approximate surface area is 175 Å². The first-order valence-electron chi connectivity index (χ1n) is 10.5. The summed E-state index contributed by atoms with van der Waals surface area (Å²) in [6.07, 6.45) is 8.93. The molecular weight excluding hydrogens is 372 g/mol. The summed E-state index contributed by atoms with van der Waals surface area (Å²) in [5.74, 6) is 5.87. The second-order valence-electron chi connectivity index (χ2n) is 7.84. The second kappa shape index (κ2) is 11.5. The number of nitrogens with one attached hydrogen (secondary N) is 1. The zero-order chi connectivity index (χ0) is 19.0. The summed E-state index contributed by atoms with van der Waals surface area (Å²) in [4.78, 5) is 15.4. The van der Waals surface area contributed by atoms with E-state index in [1.54, 1.807) is 0 Å². The Morgan fingerprint density at radius 1 is 1.04 bits per heavy atom. The highest BCUT2D eigenvalue weighted by Crippen LogP contribution is 2.39. The van der Waals surface area contributed by atoms with E-state index in [0.29, 0.717) is 5.56 Å². The third-order valence-corrected chi connectivity index (χ3v) is 5.97. The minimum absolute atomic E-state index is 0. The van der Waals surface area contributed by atoms with Crippen molar-refractivity contribution in [3.05, 3.63) is 35.9 Å². The van der Waals surface area contributed by atoms with Crippen molar-refractivity contribution in [3.63, 3.8) is 0 Å². The third kappa shape index (κ3) is 5.73. The number of halogens is 1. The number of benzene rings is 1. The molecule has 1 aromatic rings. The van der Waals surface area contributed by atoms with Crippen LogP contribution in [-0.2, 0) is 10.4 Å². The molecule has 0 spiro atoms. The van der Waals surface area contributed by atoms with Gasteiger partial charge < -0.3 is 10.4 Å². The average molecular weight is 405 g/mol. The van der Waals surface area contributed by atoms with E-state index in [1.165, 1.54) is 25.7 Å². The van der Waals surface area contributed by atoms with Crippen LogP contribution in [0.2, 0.25) is 0 Å². The van der Waals surface area contributed by atoms with E-state index >= 15 is 0 Å². The van der Waals surface area contributed by atoms with Gasteiger partial charge in [0, 0.05) is 5.92 Å². The molecule has 28 heavy (non-hydrogen) atoms. The highest BCUT2D eigenvalue weighted by Gasteiger charge is 2.45. The second-order valence-corrected chi connectivity index (χ2v) is 7.84. The number of likely N-dealkylation sites (tertiary alicyclic amines) is 1. The standard InChI is InChI=1S/C23H32N2O2.ClH/c26-22(24-16-8-11-19-25-17-9-3-10-18-25)23(27,20-12-4-1-5-13-20)21-14-6-2-7-15-21;/h1,4-5,12-13,21,27H,2-3,6-7,9-10,14-19H2,(H,24,26);1H. The number of nitrogens with zero attached hydrogens (tertiary/aromatic N) is 1. The summed E-state index contributed by atoms with van der Waals surface area (Å²) >= 11 is 0. The van der Waals surface area contributed by atoms with Crippen molar-refractivity contribution in [3.8, 4) is 11.8 Å². The molecule has 2 N–H and O–H groups in total. The highest BCUT2D eigenvalue weighted by atomic mass is 35.5. The number of carbonyl (C=O) groups excluding carboxylic acids is 1. The van der Waals surface area contributed by atoms with Gasteiger partial charge in [0.05, 0.1) is 13.1 Å². The summed E-state index contributed by atoms with van der Waals surface area (Å²) in [5.41, 5.74) is -0.772. The first-order chi connectivity index (χ1) is 13.2. The molecule has 154 valence electrons. The van der Waals surface area contributed by atoms with Crippen LogP contribution < -0.4 is 5.32 Å². The van der Waals surface area contributed by atoms with Crippen LogP contribution in [-0.4, -0.2) is 42.1 Å². The topological polar surface area (TPSA) is 52.6 Å². The van der Waals surface area contributed by atoms with Gasteiger partial charge in [0.1, 0.15) is 0 Å². The van der Waals surface area contributed by atoms with Crippen LogP contribution in [0.5, 0.6) is 0 Å².